The van der Waals surface area contributed by atoms with Crippen molar-refractivity contribution in [1.82, 2.24) is 0 Å². The molecule has 0 aromatic rings. The maximum Gasteiger partial charge on any atom is 0.179 e. The number of halogens is 1. The third-order valence-electron chi connectivity index (χ3n) is 4.44. The molecule has 2 atom stereocenters. The van der Waals surface area contributed by atoms with Crippen LogP contribution in [0, 0.1) is 5.92 Å². The standard InChI is InChI=1S/C15H27NO4.ClH/c1-11(17)15(20,10-13(18)19)14(16(2,3)4)12-8-6-5-7-9-12;/h12,14,20H,5-10H2,1-4H3;1H/p-1. The minimum atomic E-state index is -1.85. The lowest BCUT2D eigenvalue weighted by molar-refractivity contribution is -0.906. The molecule has 2 unspecified atom stereocenters. The van der Waals surface area contributed by atoms with Crippen molar-refractivity contribution in [2.24, 2.45) is 5.92 Å². The molecule has 0 saturated heterocycles. The molecule has 0 aromatic heterocycles. The van der Waals surface area contributed by atoms with Crippen molar-refractivity contribution in [3.63, 3.8) is 0 Å². The van der Waals surface area contributed by atoms with Gasteiger partial charge in [0.1, 0.15) is 6.04 Å². The first-order valence-electron chi connectivity index (χ1n) is 7.33. The van der Waals surface area contributed by atoms with Crippen molar-refractivity contribution in [1.29, 1.82) is 0 Å². The minimum absolute atomic E-state index is 0. The Bertz CT molecular complexity index is 374. The number of rotatable bonds is 6. The molecule has 6 heteroatoms. The molecule has 0 heterocycles. The maximum atomic E-state index is 12.0. The van der Waals surface area contributed by atoms with E-state index in [1.54, 1.807) is 0 Å². The monoisotopic (exact) mass is 320 g/mol. The van der Waals surface area contributed by atoms with Crippen LogP contribution in [-0.4, -0.2) is 54.1 Å². The molecule has 0 bridgehead atoms. The molecule has 0 amide bonds. The Kier molecular flexibility index (Phi) is 7.33. The maximum absolute atomic E-state index is 12.0. The van der Waals surface area contributed by atoms with Crippen molar-refractivity contribution in [2.75, 3.05) is 21.1 Å². The average molecular weight is 321 g/mol. The van der Waals surface area contributed by atoms with E-state index >= 15 is 0 Å². The van der Waals surface area contributed by atoms with Gasteiger partial charge in [0, 0.05) is 18.3 Å². The Balaban J connectivity index is 0.00000400. The van der Waals surface area contributed by atoms with E-state index in [0.717, 1.165) is 25.7 Å². The SMILES string of the molecule is CC(=O)C(O)(CC(=O)[O-])C(C1CCCCC1)[N+](C)(C)C.[Cl-]. The fraction of sp³-hybridized carbons (Fsp3) is 0.867. The van der Waals surface area contributed by atoms with Crippen LogP contribution in [0.1, 0.15) is 45.4 Å². The third kappa shape index (κ3) is 4.94. The molecular weight excluding hydrogens is 294 g/mol. The number of nitrogens with zero attached hydrogens (tertiary/aromatic N) is 1. The van der Waals surface area contributed by atoms with E-state index in [-0.39, 0.29) is 18.3 Å². The zero-order valence-electron chi connectivity index (χ0n) is 13.4. The lowest BCUT2D eigenvalue weighted by Gasteiger charge is -2.48. The second-order valence-corrected chi connectivity index (χ2v) is 6.99. The lowest BCUT2D eigenvalue weighted by Crippen LogP contribution is -3.00. The summed E-state index contributed by atoms with van der Waals surface area (Å²) in [5.74, 6) is -1.70. The number of Topliss-reactive ketones (excluding diaryl/α,β-unsaturated/α-hetero) is 1. The van der Waals surface area contributed by atoms with E-state index in [1.165, 1.54) is 13.3 Å². The highest BCUT2D eigenvalue weighted by atomic mass is 35.5. The summed E-state index contributed by atoms with van der Waals surface area (Å²) in [5.41, 5.74) is -1.85. The van der Waals surface area contributed by atoms with E-state index in [9.17, 15) is 19.8 Å². The van der Waals surface area contributed by atoms with Gasteiger partial charge in [-0.25, -0.2) is 0 Å². The fourth-order valence-corrected chi connectivity index (χ4v) is 3.77. The Morgan fingerprint density at radius 2 is 1.71 bits per heavy atom. The van der Waals surface area contributed by atoms with Crippen LogP contribution in [0.15, 0.2) is 0 Å². The third-order valence-corrected chi connectivity index (χ3v) is 4.44. The summed E-state index contributed by atoms with van der Waals surface area (Å²) < 4.78 is 0.369. The number of quaternary nitrogens is 1. The second-order valence-electron chi connectivity index (χ2n) is 6.99. The number of carboxylic acids is 1. The first-order chi connectivity index (χ1) is 9.09. The Morgan fingerprint density at radius 1 is 1.24 bits per heavy atom. The van der Waals surface area contributed by atoms with E-state index in [1.807, 2.05) is 21.1 Å². The van der Waals surface area contributed by atoms with E-state index in [4.69, 9.17) is 0 Å². The smallest absolute Gasteiger partial charge is 0.179 e. The predicted molar refractivity (Wildman–Crippen MR) is 73.7 cm³/mol. The lowest BCUT2D eigenvalue weighted by atomic mass is 9.72. The summed E-state index contributed by atoms with van der Waals surface area (Å²) in [6.07, 6.45) is 4.55. The molecule has 0 spiro atoms. The number of aliphatic hydroxyl groups is 1. The topological polar surface area (TPSA) is 77.4 Å². The number of hydrogen-bond donors (Lipinski definition) is 1. The molecule has 21 heavy (non-hydrogen) atoms. The number of ketones is 1. The van der Waals surface area contributed by atoms with Crippen LogP contribution in [0.5, 0.6) is 0 Å². The minimum Gasteiger partial charge on any atom is -1.00 e. The number of carbonyl (C=O) groups is 2. The van der Waals surface area contributed by atoms with Crippen LogP contribution in [0.4, 0.5) is 0 Å². The number of aliphatic carboxylic acids is 1. The van der Waals surface area contributed by atoms with Crippen molar-refractivity contribution in [2.45, 2.75) is 57.1 Å². The molecule has 1 aliphatic rings. The number of hydrogen-bond acceptors (Lipinski definition) is 4. The molecule has 0 aliphatic heterocycles. The Morgan fingerprint density at radius 3 is 2.05 bits per heavy atom. The molecule has 0 radical (unpaired) electrons. The quantitative estimate of drug-likeness (QED) is 0.533. The summed E-state index contributed by atoms with van der Waals surface area (Å²) >= 11 is 0. The molecule has 5 nitrogen and oxygen atoms in total. The van der Waals surface area contributed by atoms with Gasteiger partial charge in [-0.05, 0) is 19.8 Å². The van der Waals surface area contributed by atoms with Gasteiger partial charge in [-0.2, -0.15) is 0 Å². The molecule has 1 aliphatic carbocycles. The second kappa shape index (κ2) is 7.56. The van der Waals surface area contributed by atoms with Gasteiger partial charge in [-0.1, -0.05) is 19.3 Å². The summed E-state index contributed by atoms with van der Waals surface area (Å²) in [7, 11) is 5.72. The average Bonchev–Trinajstić information content (AvgIpc) is 2.27. The van der Waals surface area contributed by atoms with Gasteiger partial charge in [0.05, 0.1) is 21.1 Å². The van der Waals surface area contributed by atoms with Gasteiger partial charge in [0.25, 0.3) is 0 Å². The van der Waals surface area contributed by atoms with Crippen LogP contribution in [0.2, 0.25) is 0 Å². The largest absolute Gasteiger partial charge is 1.00 e. The number of likely N-dealkylation sites (N-methyl/N-ethyl adjacent to an activating group) is 1. The molecule has 1 fully saturated rings. The van der Waals surface area contributed by atoms with Gasteiger partial charge >= 0.3 is 0 Å². The highest BCUT2D eigenvalue weighted by molar-refractivity contribution is 5.89. The van der Waals surface area contributed by atoms with E-state index < -0.39 is 29.8 Å². The van der Waals surface area contributed by atoms with Gasteiger partial charge in [-0.15, -0.1) is 0 Å². The first kappa shape index (κ1) is 20.3. The number of carboxylic acid groups (broad SMARTS) is 1. The molecule has 1 saturated carbocycles. The summed E-state index contributed by atoms with van der Waals surface area (Å²) in [5, 5.41) is 21.8. The fourth-order valence-electron chi connectivity index (χ4n) is 3.77. The van der Waals surface area contributed by atoms with Crippen LogP contribution < -0.4 is 17.5 Å². The van der Waals surface area contributed by atoms with Crippen LogP contribution >= 0.6 is 0 Å². The Hall–Kier alpha value is -0.650. The summed E-state index contributed by atoms with van der Waals surface area (Å²) in [6, 6.07) is -0.418. The van der Waals surface area contributed by atoms with Gasteiger partial charge in [0.2, 0.25) is 0 Å². The van der Waals surface area contributed by atoms with Gasteiger partial charge < -0.3 is 31.9 Å². The Labute approximate surface area is 133 Å². The highest BCUT2D eigenvalue weighted by Crippen LogP contribution is 2.37. The van der Waals surface area contributed by atoms with E-state index in [2.05, 4.69) is 0 Å². The first-order valence-corrected chi connectivity index (χ1v) is 7.33. The van der Waals surface area contributed by atoms with Crippen molar-refractivity contribution >= 4 is 11.8 Å². The zero-order chi connectivity index (χ0) is 15.6. The predicted octanol–water partition coefficient (Wildman–Crippen LogP) is -2.89. The van der Waals surface area contributed by atoms with Crippen molar-refractivity contribution in [3.05, 3.63) is 0 Å². The number of carbonyl (C=O) groups excluding carboxylic acids is 2. The van der Waals surface area contributed by atoms with Crippen molar-refractivity contribution in [3.8, 4) is 0 Å². The summed E-state index contributed by atoms with van der Waals surface area (Å²) in [6.45, 7) is 1.27. The van der Waals surface area contributed by atoms with Gasteiger partial charge in [-0.3, -0.25) is 4.79 Å². The van der Waals surface area contributed by atoms with Gasteiger partial charge in [0.15, 0.2) is 11.4 Å². The molecule has 1 N–H and O–H groups in total. The van der Waals surface area contributed by atoms with Crippen LogP contribution in [0.3, 0.4) is 0 Å². The van der Waals surface area contributed by atoms with E-state index in [0.29, 0.717) is 4.48 Å². The molecule has 1 rings (SSSR count). The molecule has 0 aromatic carbocycles. The van der Waals surface area contributed by atoms with Crippen LogP contribution in [0.25, 0.3) is 0 Å². The summed E-state index contributed by atoms with van der Waals surface area (Å²) in [4.78, 5) is 23.0. The zero-order valence-corrected chi connectivity index (χ0v) is 14.2. The normalized spacial score (nSPS) is 21.0. The van der Waals surface area contributed by atoms with Crippen LogP contribution in [-0.2, 0) is 9.59 Å². The molecule has 124 valence electrons. The highest BCUT2D eigenvalue weighted by Gasteiger charge is 2.52. The molecular formula is C15H27ClNO4-. The van der Waals surface area contributed by atoms with Crippen molar-refractivity contribution < 1.29 is 36.7 Å².